The largest absolute Gasteiger partial charge is 0.390 e. The first-order valence-electron chi connectivity index (χ1n) is 12.8. The molecule has 2 aromatic rings. The monoisotopic (exact) mass is 434 g/mol. The molecule has 5 aliphatic carbocycles. The highest BCUT2D eigenvalue weighted by molar-refractivity contribution is 5.82. The van der Waals surface area contributed by atoms with Crippen molar-refractivity contribution in [2.45, 2.75) is 76.9 Å². The summed E-state index contributed by atoms with van der Waals surface area (Å²) < 4.78 is 1.77. The third kappa shape index (κ3) is 2.68. The highest BCUT2D eigenvalue weighted by Crippen LogP contribution is 2.68. The van der Waals surface area contributed by atoms with Gasteiger partial charge in [0.1, 0.15) is 17.4 Å². The molecule has 0 aromatic carbocycles. The van der Waals surface area contributed by atoms with Crippen molar-refractivity contribution in [3.05, 3.63) is 18.7 Å². The lowest BCUT2D eigenvalue weighted by Crippen LogP contribution is -2.50. The van der Waals surface area contributed by atoms with Gasteiger partial charge in [-0.1, -0.05) is 6.92 Å². The molecular formula is C26H34N4O2. The van der Waals surface area contributed by atoms with Gasteiger partial charge >= 0.3 is 0 Å². The summed E-state index contributed by atoms with van der Waals surface area (Å²) in [5.74, 6) is 5.03. The minimum atomic E-state index is -0.287. The number of aromatic nitrogens is 4. The zero-order chi connectivity index (χ0) is 21.7. The first-order valence-corrected chi connectivity index (χ1v) is 12.8. The lowest BCUT2D eigenvalue weighted by Gasteiger charge is -2.56. The minimum absolute atomic E-state index is 0.145. The van der Waals surface area contributed by atoms with Gasteiger partial charge < -0.3 is 5.11 Å². The maximum absolute atomic E-state index is 13.5. The second kappa shape index (κ2) is 6.62. The number of Topliss-reactive ketones (excluding diaryl/α,β-unsaturated/α-hetero) is 1. The van der Waals surface area contributed by atoms with Crippen LogP contribution in [-0.2, 0) is 11.3 Å². The maximum Gasteiger partial charge on any atom is 0.157 e. The van der Waals surface area contributed by atoms with Crippen LogP contribution in [0, 0.1) is 46.8 Å². The van der Waals surface area contributed by atoms with E-state index in [-0.39, 0.29) is 16.9 Å². The molecule has 170 valence electrons. The van der Waals surface area contributed by atoms with E-state index in [1.54, 1.807) is 10.9 Å². The van der Waals surface area contributed by atoms with Crippen LogP contribution < -0.4 is 0 Å². The van der Waals surface area contributed by atoms with Gasteiger partial charge in [0.25, 0.3) is 0 Å². The van der Waals surface area contributed by atoms with Crippen LogP contribution in [0.3, 0.4) is 0 Å². The van der Waals surface area contributed by atoms with E-state index in [1.165, 1.54) is 44.9 Å². The van der Waals surface area contributed by atoms with Gasteiger partial charge in [-0.2, -0.15) is 5.10 Å². The van der Waals surface area contributed by atoms with Gasteiger partial charge in [0.2, 0.25) is 0 Å². The quantitative estimate of drug-likeness (QED) is 0.789. The SMILES string of the molecule is CC12CCC3C4CCC5(O)CC5C4CCC3C1CCC2C(=O)Cn1cc2ncncc2n1. The summed E-state index contributed by atoms with van der Waals surface area (Å²) >= 11 is 0. The van der Waals surface area contributed by atoms with Crippen LogP contribution >= 0.6 is 0 Å². The molecule has 2 aromatic heterocycles. The van der Waals surface area contributed by atoms with E-state index in [2.05, 4.69) is 22.0 Å². The van der Waals surface area contributed by atoms with Crippen molar-refractivity contribution in [2.75, 3.05) is 0 Å². The number of fused-ring (bicyclic) bond motifs is 8. The highest BCUT2D eigenvalue weighted by atomic mass is 16.3. The summed E-state index contributed by atoms with van der Waals surface area (Å²) in [4.78, 5) is 21.8. The number of carbonyl (C=O) groups is 1. The summed E-state index contributed by atoms with van der Waals surface area (Å²) in [6.07, 6.45) is 15.8. The molecule has 5 aliphatic rings. The second-order valence-electron chi connectivity index (χ2n) is 12.1. The predicted octanol–water partition coefficient (Wildman–Crippen LogP) is 4.03. The molecule has 0 amide bonds. The standard InChI is InChI=1S/C26H34N4O2/c1-25-8-6-15-16-7-9-26(32)10-21(26)18(16)3-2-17(15)19(25)4-5-20(25)24(31)13-30-12-23-22(29-30)11-27-14-28-23/h11-12,14-21,32H,2-10,13H2,1H3. The molecule has 0 bridgehead atoms. The molecule has 0 spiro atoms. The summed E-state index contributed by atoms with van der Waals surface area (Å²) in [6, 6.07) is 0. The number of hydrogen-bond donors (Lipinski definition) is 1. The Labute approximate surface area is 189 Å². The average molecular weight is 435 g/mol. The Morgan fingerprint density at radius 1 is 1.03 bits per heavy atom. The van der Waals surface area contributed by atoms with E-state index in [4.69, 9.17) is 0 Å². The fourth-order valence-electron chi connectivity index (χ4n) is 9.38. The minimum Gasteiger partial charge on any atom is -0.390 e. The molecule has 0 aliphatic heterocycles. The molecule has 6 nitrogen and oxygen atoms in total. The lowest BCUT2D eigenvalue weighted by molar-refractivity contribution is -0.131. The highest BCUT2D eigenvalue weighted by Gasteiger charge is 2.65. The van der Waals surface area contributed by atoms with Gasteiger partial charge in [0.15, 0.2) is 5.78 Å². The number of hydrogen-bond acceptors (Lipinski definition) is 5. The molecule has 9 atom stereocenters. The van der Waals surface area contributed by atoms with Crippen molar-refractivity contribution in [3.8, 4) is 0 Å². The Morgan fingerprint density at radius 2 is 1.81 bits per heavy atom. The van der Waals surface area contributed by atoms with Gasteiger partial charge in [-0.3, -0.25) is 9.48 Å². The summed E-state index contributed by atoms with van der Waals surface area (Å²) in [5.41, 5.74) is 1.41. The zero-order valence-electron chi connectivity index (χ0n) is 19.0. The van der Waals surface area contributed by atoms with Crippen LogP contribution in [0.1, 0.15) is 64.7 Å². The summed E-state index contributed by atoms with van der Waals surface area (Å²) in [6.45, 7) is 2.78. The fraction of sp³-hybridized carbons (Fsp3) is 0.769. The van der Waals surface area contributed by atoms with Gasteiger partial charge in [0.05, 0.1) is 24.5 Å². The molecule has 32 heavy (non-hydrogen) atoms. The second-order valence-corrected chi connectivity index (χ2v) is 12.1. The molecule has 7 rings (SSSR count). The zero-order valence-corrected chi connectivity index (χ0v) is 19.0. The molecule has 5 saturated carbocycles. The smallest absolute Gasteiger partial charge is 0.157 e. The molecule has 9 unspecified atom stereocenters. The van der Waals surface area contributed by atoms with Gasteiger partial charge in [-0.15, -0.1) is 0 Å². The fourth-order valence-corrected chi connectivity index (χ4v) is 9.38. The molecule has 2 heterocycles. The van der Waals surface area contributed by atoms with E-state index < -0.39 is 0 Å². The topological polar surface area (TPSA) is 80.9 Å². The first kappa shape index (κ1) is 19.6. The number of rotatable bonds is 3. The van der Waals surface area contributed by atoms with Crippen LogP contribution in [0.5, 0.6) is 0 Å². The number of nitrogens with zero attached hydrogens (tertiary/aromatic N) is 4. The van der Waals surface area contributed by atoms with E-state index in [0.717, 1.165) is 54.0 Å². The maximum atomic E-state index is 13.5. The van der Waals surface area contributed by atoms with E-state index >= 15 is 0 Å². The third-order valence-electron chi connectivity index (χ3n) is 10.9. The molecule has 5 fully saturated rings. The van der Waals surface area contributed by atoms with E-state index in [1.807, 2.05) is 6.20 Å². The third-order valence-corrected chi connectivity index (χ3v) is 10.9. The number of aliphatic hydroxyl groups is 1. The number of carbonyl (C=O) groups excluding carboxylic acids is 1. The number of ketones is 1. The van der Waals surface area contributed by atoms with Crippen molar-refractivity contribution in [1.29, 1.82) is 0 Å². The Hall–Kier alpha value is -1.82. The van der Waals surface area contributed by atoms with Crippen molar-refractivity contribution in [2.24, 2.45) is 46.8 Å². The summed E-state index contributed by atoms with van der Waals surface area (Å²) in [7, 11) is 0. The lowest BCUT2D eigenvalue weighted by atomic mass is 9.49. The van der Waals surface area contributed by atoms with Crippen LogP contribution in [0.4, 0.5) is 0 Å². The van der Waals surface area contributed by atoms with Crippen molar-refractivity contribution >= 4 is 16.8 Å². The van der Waals surface area contributed by atoms with Crippen LogP contribution in [0.15, 0.2) is 18.7 Å². The Kier molecular flexibility index (Phi) is 4.06. The predicted molar refractivity (Wildman–Crippen MR) is 119 cm³/mol. The van der Waals surface area contributed by atoms with Crippen LogP contribution in [0.25, 0.3) is 11.0 Å². The van der Waals surface area contributed by atoms with E-state index in [0.29, 0.717) is 24.2 Å². The van der Waals surface area contributed by atoms with Gasteiger partial charge in [-0.05, 0) is 98.7 Å². The molecule has 6 heteroatoms. The Morgan fingerprint density at radius 3 is 2.62 bits per heavy atom. The van der Waals surface area contributed by atoms with Crippen LogP contribution in [0.2, 0.25) is 0 Å². The van der Waals surface area contributed by atoms with Crippen LogP contribution in [-0.4, -0.2) is 36.2 Å². The molecular weight excluding hydrogens is 400 g/mol. The molecule has 0 saturated heterocycles. The van der Waals surface area contributed by atoms with Gasteiger partial charge in [0, 0.05) is 5.92 Å². The molecule has 1 N–H and O–H groups in total. The Balaban J connectivity index is 1.09. The summed E-state index contributed by atoms with van der Waals surface area (Å²) in [5, 5.41) is 15.2. The van der Waals surface area contributed by atoms with Crippen molar-refractivity contribution in [1.82, 2.24) is 19.7 Å². The Bertz CT molecular complexity index is 1050. The van der Waals surface area contributed by atoms with Gasteiger partial charge in [-0.25, -0.2) is 9.97 Å². The molecule has 0 radical (unpaired) electrons. The first-order chi connectivity index (χ1) is 15.5. The normalized spacial score (nSPS) is 46.8. The average Bonchev–Trinajstić information content (AvgIpc) is 3.13. The van der Waals surface area contributed by atoms with Crippen molar-refractivity contribution < 1.29 is 9.90 Å². The van der Waals surface area contributed by atoms with Crippen molar-refractivity contribution in [3.63, 3.8) is 0 Å². The van der Waals surface area contributed by atoms with E-state index in [9.17, 15) is 9.90 Å².